The van der Waals surface area contributed by atoms with Crippen LogP contribution in [0.3, 0.4) is 0 Å². The fourth-order valence-corrected chi connectivity index (χ4v) is 4.23. The summed E-state index contributed by atoms with van der Waals surface area (Å²) in [6, 6.07) is 10.4. The van der Waals surface area contributed by atoms with Crippen molar-refractivity contribution in [2.75, 3.05) is 19.0 Å². The molecule has 0 spiro atoms. The molecule has 2 unspecified atom stereocenters. The van der Waals surface area contributed by atoms with Gasteiger partial charge >= 0.3 is 0 Å². The monoisotopic (exact) mass is 355 g/mol. The van der Waals surface area contributed by atoms with Gasteiger partial charge in [0, 0.05) is 11.5 Å². The molecular formula is C19H21N3O2S. The second-order valence-electron chi connectivity index (χ2n) is 6.26. The highest BCUT2D eigenvalue weighted by atomic mass is 32.1. The Morgan fingerprint density at radius 1 is 1.28 bits per heavy atom. The second-order valence-corrected chi connectivity index (χ2v) is 7.31. The first-order valence-corrected chi connectivity index (χ1v) is 9.33. The van der Waals surface area contributed by atoms with E-state index in [0.717, 1.165) is 46.8 Å². The molecule has 3 heterocycles. The van der Waals surface area contributed by atoms with Crippen molar-refractivity contribution in [2.45, 2.75) is 31.9 Å². The fraction of sp³-hybridized carbons (Fsp3) is 0.368. The van der Waals surface area contributed by atoms with Gasteiger partial charge in [0.25, 0.3) is 0 Å². The van der Waals surface area contributed by atoms with Crippen molar-refractivity contribution >= 4 is 27.4 Å². The first kappa shape index (κ1) is 16.3. The van der Waals surface area contributed by atoms with Gasteiger partial charge in [0.15, 0.2) is 0 Å². The number of benzene rings is 1. The van der Waals surface area contributed by atoms with Crippen molar-refractivity contribution in [1.29, 1.82) is 0 Å². The normalized spacial score (nSPS) is 18.4. The molecule has 1 aliphatic heterocycles. The Balaban J connectivity index is 1.63. The van der Waals surface area contributed by atoms with Crippen molar-refractivity contribution < 1.29 is 9.47 Å². The zero-order valence-electron chi connectivity index (χ0n) is 14.4. The van der Waals surface area contributed by atoms with Crippen LogP contribution in [0.25, 0.3) is 20.7 Å². The number of hydrogen-bond acceptors (Lipinski definition) is 6. The van der Waals surface area contributed by atoms with E-state index < -0.39 is 0 Å². The van der Waals surface area contributed by atoms with Crippen LogP contribution >= 0.6 is 11.3 Å². The number of fused-ring (bicyclic) bond motifs is 1. The minimum atomic E-state index is 0.229. The van der Waals surface area contributed by atoms with Gasteiger partial charge in [-0.25, -0.2) is 9.97 Å². The Morgan fingerprint density at radius 2 is 2.12 bits per heavy atom. The smallest absolute Gasteiger partial charge is 0.147 e. The van der Waals surface area contributed by atoms with Gasteiger partial charge in [0.2, 0.25) is 0 Å². The van der Waals surface area contributed by atoms with E-state index >= 15 is 0 Å². The van der Waals surface area contributed by atoms with Crippen molar-refractivity contribution in [3.63, 3.8) is 0 Å². The maximum Gasteiger partial charge on any atom is 0.147 e. The number of methoxy groups -OCH3 is 1. The third-order valence-electron chi connectivity index (χ3n) is 4.57. The summed E-state index contributed by atoms with van der Waals surface area (Å²) in [5.74, 6) is 1.75. The van der Waals surface area contributed by atoms with Gasteiger partial charge in [-0.15, -0.1) is 11.3 Å². The number of rotatable bonds is 5. The van der Waals surface area contributed by atoms with Crippen LogP contribution in [0.2, 0.25) is 0 Å². The molecule has 0 aliphatic carbocycles. The lowest BCUT2D eigenvalue weighted by Crippen LogP contribution is -2.30. The van der Waals surface area contributed by atoms with E-state index in [1.807, 2.05) is 12.1 Å². The highest BCUT2D eigenvalue weighted by Crippen LogP contribution is 2.36. The van der Waals surface area contributed by atoms with Gasteiger partial charge < -0.3 is 14.8 Å². The van der Waals surface area contributed by atoms with Crippen molar-refractivity contribution in [3.05, 3.63) is 36.7 Å². The maximum atomic E-state index is 5.78. The van der Waals surface area contributed by atoms with E-state index in [0.29, 0.717) is 0 Å². The summed E-state index contributed by atoms with van der Waals surface area (Å²) in [7, 11) is 1.68. The molecule has 0 radical (unpaired) electrons. The molecule has 25 heavy (non-hydrogen) atoms. The average Bonchev–Trinajstić information content (AvgIpc) is 3.32. The molecule has 0 amide bonds. The van der Waals surface area contributed by atoms with E-state index in [-0.39, 0.29) is 12.1 Å². The molecule has 0 saturated carbocycles. The summed E-state index contributed by atoms with van der Waals surface area (Å²) in [5, 5.41) is 3.52. The Hall–Kier alpha value is -2.18. The van der Waals surface area contributed by atoms with Gasteiger partial charge in [-0.05, 0) is 55.7 Å². The van der Waals surface area contributed by atoms with E-state index in [9.17, 15) is 0 Å². The van der Waals surface area contributed by atoms with Gasteiger partial charge in [-0.3, -0.25) is 0 Å². The zero-order valence-corrected chi connectivity index (χ0v) is 15.2. The highest BCUT2D eigenvalue weighted by molar-refractivity contribution is 7.22. The quantitative estimate of drug-likeness (QED) is 0.737. The molecule has 3 aromatic rings. The molecule has 6 heteroatoms. The topological polar surface area (TPSA) is 56.3 Å². The molecular weight excluding hydrogens is 334 g/mol. The maximum absolute atomic E-state index is 5.78. The molecule has 2 aromatic heterocycles. The number of aromatic nitrogens is 2. The van der Waals surface area contributed by atoms with Crippen LogP contribution < -0.4 is 10.1 Å². The van der Waals surface area contributed by atoms with Crippen molar-refractivity contribution in [2.24, 2.45) is 0 Å². The molecule has 1 aliphatic rings. The van der Waals surface area contributed by atoms with E-state index in [2.05, 4.69) is 40.4 Å². The van der Waals surface area contributed by atoms with Gasteiger partial charge in [-0.1, -0.05) is 0 Å². The predicted octanol–water partition coefficient (Wildman–Crippen LogP) is 4.35. The summed E-state index contributed by atoms with van der Waals surface area (Å²) < 4.78 is 12.1. The third kappa shape index (κ3) is 3.32. The van der Waals surface area contributed by atoms with Gasteiger partial charge in [0.05, 0.1) is 29.5 Å². The largest absolute Gasteiger partial charge is 0.497 e. The first-order valence-electron chi connectivity index (χ1n) is 8.51. The lowest BCUT2D eigenvalue weighted by Gasteiger charge is -2.20. The molecule has 5 nitrogen and oxygen atoms in total. The third-order valence-corrected chi connectivity index (χ3v) is 5.75. The average molecular weight is 355 g/mol. The number of anilines is 1. The molecule has 1 fully saturated rings. The standard InChI is InChI=1S/C19H21N3O2S/c1-12(16-4-3-9-24-16)22-19-18-15(20-11-21-19)10-17(25-18)13-5-7-14(23-2)8-6-13/h5-8,10-12,16H,3-4,9H2,1-2H3,(H,20,21,22). The second kappa shape index (κ2) is 6.98. The Kier molecular flexibility index (Phi) is 4.55. The number of ether oxygens (including phenoxy) is 2. The van der Waals surface area contributed by atoms with E-state index in [4.69, 9.17) is 9.47 Å². The number of nitrogens with one attached hydrogen (secondary N) is 1. The molecule has 0 bridgehead atoms. The predicted molar refractivity (Wildman–Crippen MR) is 101 cm³/mol. The van der Waals surface area contributed by atoms with Gasteiger partial charge in [0.1, 0.15) is 17.9 Å². The fourth-order valence-electron chi connectivity index (χ4n) is 3.16. The Bertz CT molecular complexity index is 857. The molecule has 1 aromatic carbocycles. The van der Waals surface area contributed by atoms with Crippen LogP contribution in [-0.2, 0) is 4.74 Å². The SMILES string of the molecule is COc1ccc(-c2cc3ncnc(NC(C)C4CCCO4)c3s2)cc1. The summed E-state index contributed by atoms with van der Waals surface area (Å²) in [5.41, 5.74) is 2.12. The van der Waals surface area contributed by atoms with E-state index in [1.54, 1.807) is 24.8 Å². The van der Waals surface area contributed by atoms with Crippen LogP contribution in [0.5, 0.6) is 5.75 Å². The summed E-state index contributed by atoms with van der Waals surface area (Å²) in [6.45, 7) is 3.01. The molecule has 2 atom stereocenters. The minimum Gasteiger partial charge on any atom is -0.497 e. The van der Waals surface area contributed by atoms with Crippen LogP contribution in [-0.4, -0.2) is 35.8 Å². The minimum absolute atomic E-state index is 0.229. The van der Waals surface area contributed by atoms with Crippen LogP contribution in [0.15, 0.2) is 36.7 Å². The number of nitrogens with zero attached hydrogens (tertiary/aromatic N) is 2. The number of thiophene rings is 1. The molecule has 130 valence electrons. The Morgan fingerprint density at radius 3 is 2.84 bits per heavy atom. The van der Waals surface area contributed by atoms with Crippen LogP contribution in [0.1, 0.15) is 19.8 Å². The molecule has 1 saturated heterocycles. The van der Waals surface area contributed by atoms with Gasteiger partial charge in [-0.2, -0.15) is 0 Å². The lowest BCUT2D eigenvalue weighted by molar-refractivity contribution is 0.0996. The Labute approximate surface area is 151 Å². The van der Waals surface area contributed by atoms with Crippen molar-refractivity contribution in [3.8, 4) is 16.2 Å². The number of hydrogen-bond donors (Lipinski definition) is 1. The summed E-state index contributed by atoms with van der Waals surface area (Å²) in [4.78, 5) is 10.1. The summed E-state index contributed by atoms with van der Waals surface area (Å²) in [6.07, 6.45) is 4.11. The van der Waals surface area contributed by atoms with Crippen LogP contribution in [0, 0.1) is 0 Å². The lowest BCUT2D eigenvalue weighted by atomic mass is 10.1. The van der Waals surface area contributed by atoms with Crippen molar-refractivity contribution in [1.82, 2.24) is 9.97 Å². The molecule has 4 rings (SSSR count). The zero-order chi connectivity index (χ0) is 17.2. The van der Waals surface area contributed by atoms with Crippen LogP contribution in [0.4, 0.5) is 5.82 Å². The summed E-state index contributed by atoms with van der Waals surface area (Å²) >= 11 is 1.71. The highest BCUT2D eigenvalue weighted by Gasteiger charge is 2.23. The first-order chi connectivity index (χ1) is 12.2. The molecule has 1 N–H and O–H groups in total. The van der Waals surface area contributed by atoms with E-state index in [1.165, 1.54) is 4.88 Å².